The highest BCUT2D eigenvalue weighted by Crippen LogP contribution is 2.25. The van der Waals surface area contributed by atoms with E-state index < -0.39 is 29.6 Å². The monoisotopic (exact) mass is 383 g/mol. The third kappa shape index (κ3) is 5.16. The van der Waals surface area contributed by atoms with Gasteiger partial charge in [-0.15, -0.1) is 0 Å². The molecule has 26 heavy (non-hydrogen) atoms. The molecule has 0 aromatic heterocycles. The minimum Gasteiger partial charge on any atom is -0.495 e. The zero-order valence-electron chi connectivity index (χ0n) is 13.8. The summed E-state index contributed by atoms with van der Waals surface area (Å²) < 4.78 is 31.1. The van der Waals surface area contributed by atoms with Gasteiger partial charge in [0.05, 0.1) is 18.6 Å². The van der Waals surface area contributed by atoms with E-state index in [4.69, 9.17) is 16.3 Å². The zero-order valence-corrected chi connectivity index (χ0v) is 14.5. The number of nitrogens with one attached hydrogen (secondary N) is 1. The van der Waals surface area contributed by atoms with Gasteiger partial charge in [0.15, 0.2) is 11.6 Å². The molecule has 0 bridgehead atoms. The molecule has 0 heterocycles. The number of aliphatic carboxylic acids is 1. The zero-order chi connectivity index (χ0) is 19.3. The van der Waals surface area contributed by atoms with Crippen LogP contribution in [0.15, 0.2) is 36.4 Å². The minimum absolute atomic E-state index is 0.00255. The number of hydrogen-bond acceptors (Lipinski definition) is 3. The molecule has 0 aliphatic carbocycles. The molecule has 0 radical (unpaired) electrons. The van der Waals surface area contributed by atoms with Gasteiger partial charge in [-0.05, 0) is 35.4 Å². The predicted molar refractivity (Wildman–Crippen MR) is 91.3 cm³/mol. The van der Waals surface area contributed by atoms with Gasteiger partial charge >= 0.3 is 5.97 Å². The number of ether oxygens (including phenoxy) is 1. The molecule has 0 saturated carbocycles. The van der Waals surface area contributed by atoms with E-state index in [1.807, 2.05) is 0 Å². The van der Waals surface area contributed by atoms with Crippen molar-refractivity contribution in [3.63, 3.8) is 0 Å². The molecule has 2 rings (SSSR count). The van der Waals surface area contributed by atoms with Crippen molar-refractivity contribution in [2.24, 2.45) is 0 Å². The second-order valence-electron chi connectivity index (χ2n) is 5.56. The predicted octanol–water partition coefficient (Wildman–Crippen LogP) is 2.98. The smallest absolute Gasteiger partial charge is 0.326 e. The number of carbonyl (C=O) groups is 2. The van der Waals surface area contributed by atoms with E-state index in [2.05, 4.69) is 5.32 Å². The molecule has 1 atom stereocenters. The molecule has 0 unspecified atom stereocenters. The van der Waals surface area contributed by atoms with E-state index in [-0.39, 0.29) is 18.4 Å². The van der Waals surface area contributed by atoms with Crippen LogP contribution in [0, 0.1) is 11.6 Å². The van der Waals surface area contributed by atoms with E-state index >= 15 is 0 Å². The van der Waals surface area contributed by atoms with Gasteiger partial charge in [-0.25, -0.2) is 13.6 Å². The van der Waals surface area contributed by atoms with Crippen LogP contribution in [0.4, 0.5) is 8.78 Å². The maximum atomic E-state index is 13.2. The summed E-state index contributed by atoms with van der Waals surface area (Å²) in [6.45, 7) is 0. The Balaban J connectivity index is 2.05. The number of benzene rings is 2. The van der Waals surface area contributed by atoms with Gasteiger partial charge in [-0.1, -0.05) is 23.7 Å². The molecule has 0 aliphatic rings. The molecule has 0 fully saturated rings. The van der Waals surface area contributed by atoms with Crippen LogP contribution < -0.4 is 10.1 Å². The molecule has 0 spiro atoms. The van der Waals surface area contributed by atoms with E-state index in [9.17, 15) is 23.5 Å². The Bertz CT molecular complexity index is 829. The Morgan fingerprint density at radius 2 is 1.85 bits per heavy atom. The Hall–Kier alpha value is -2.67. The van der Waals surface area contributed by atoms with Crippen LogP contribution in [-0.2, 0) is 22.4 Å². The van der Waals surface area contributed by atoms with Crippen LogP contribution in [0.1, 0.15) is 11.1 Å². The Morgan fingerprint density at radius 3 is 2.42 bits per heavy atom. The van der Waals surface area contributed by atoms with Gasteiger partial charge in [0.2, 0.25) is 5.91 Å². The maximum Gasteiger partial charge on any atom is 0.326 e. The first-order valence-corrected chi connectivity index (χ1v) is 7.96. The summed E-state index contributed by atoms with van der Waals surface area (Å²) in [5, 5.41) is 12.0. The fourth-order valence-electron chi connectivity index (χ4n) is 2.35. The topological polar surface area (TPSA) is 75.6 Å². The first-order valence-electron chi connectivity index (χ1n) is 7.58. The van der Waals surface area contributed by atoms with Crippen molar-refractivity contribution in [3.05, 3.63) is 64.2 Å². The summed E-state index contributed by atoms with van der Waals surface area (Å²) in [5.41, 5.74) is 0.828. The first kappa shape index (κ1) is 19.7. The first-order chi connectivity index (χ1) is 12.3. The van der Waals surface area contributed by atoms with Crippen LogP contribution in [0.5, 0.6) is 5.75 Å². The van der Waals surface area contributed by atoms with Crippen molar-refractivity contribution in [3.8, 4) is 5.75 Å². The third-order valence-corrected chi connectivity index (χ3v) is 3.93. The lowest BCUT2D eigenvalue weighted by Gasteiger charge is -2.15. The number of halogens is 3. The van der Waals surface area contributed by atoms with Crippen molar-refractivity contribution in [2.75, 3.05) is 7.11 Å². The standard InChI is InChI=1S/C18H16ClF2NO4/c1-26-16-5-3-10(6-12(16)19)8-15(18(24)25)22-17(23)9-11-2-4-13(20)14(21)7-11/h2-7,15H,8-9H2,1H3,(H,22,23)(H,24,25)/t15-/m0/s1. The summed E-state index contributed by atoms with van der Waals surface area (Å²) in [4.78, 5) is 23.5. The second kappa shape index (κ2) is 8.62. The van der Waals surface area contributed by atoms with E-state index in [1.165, 1.54) is 13.2 Å². The lowest BCUT2D eigenvalue weighted by molar-refractivity contribution is -0.141. The van der Waals surface area contributed by atoms with Gasteiger partial charge in [-0.2, -0.15) is 0 Å². The summed E-state index contributed by atoms with van der Waals surface area (Å²) in [5.74, 6) is -3.49. The molecule has 2 aromatic rings. The normalized spacial score (nSPS) is 11.7. The number of carbonyl (C=O) groups excluding carboxylic acids is 1. The minimum atomic E-state index is -1.23. The molecular formula is C18H16ClF2NO4. The van der Waals surface area contributed by atoms with Gasteiger partial charge in [0.25, 0.3) is 0 Å². The number of methoxy groups -OCH3 is 1. The van der Waals surface area contributed by atoms with Crippen molar-refractivity contribution in [1.29, 1.82) is 0 Å². The Morgan fingerprint density at radius 1 is 1.15 bits per heavy atom. The van der Waals surface area contributed by atoms with Crippen LogP contribution in [0.3, 0.4) is 0 Å². The molecule has 1 amide bonds. The van der Waals surface area contributed by atoms with Crippen molar-refractivity contribution in [1.82, 2.24) is 5.32 Å². The van der Waals surface area contributed by atoms with Crippen molar-refractivity contribution >= 4 is 23.5 Å². The molecule has 5 nitrogen and oxygen atoms in total. The van der Waals surface area contributed by atoms with Crippen molar-refractivity contribution < 1.29 is 28.2 Å². The van der Waals surface area contributed by atoms with Crippen LogP contribution in [0.2, 0.25) is 5.02 Å². The molecule has 0 saturated heterocycles. The van der Waals surface area contributed by atoms with Crippen LogP contribution in [0.25, 0.3) is 0 Å². The summed E-state index contributed by atoms with van der Waals surface area (Å²) >= 11 is 6.01. The highest BCUT2D eigenvalue weighted by Gasteiger charge is 2.21. The molecule has 0 aliphatic heterocycles. The third-order valence-electron chi connectivity index (χ3n) is 3.64. The quantitative estimate of drug-likeness (QED) is 0.770. The van der Waals surface area contributed by atoms with Gasteiger partial charge in [0.1, 0.15) is 11.8 Å². The van der Waals surface area contributed by atoms with Gasteiger partial charge in [0, 0.05) is 6.42 Å². The fourth-order valence-corrected chi connectivity index (χ4v) is 2.63. The lowest BCUT2D eigenvalue weighted by atomic mass is 10.0. The summed E-state index contributed by atoms with van der Waals surface area (Å²) in [7, 11) is 1.46. The molecule has 2 N–H and O–H groups in total. The number of amides is 1. The van der Waals surface area contributed by atoms with E-state index in [0.29, 0.717) is 16.3 Å². The lowest BCUT2D eigenvalue weighted by Crippen LogP contribution is -2.43. The SMILES string of the molecule is COc1ccc(C[C@H](NC(=O)Cc2ccc(F)c(F)c2)C(=O)O)cc1Cl. The summed E-state index contributed by atoms with van der Waals surface area (Å²) in [6.07, 6.45) is -0.271. The van der Waals surface area contributed by atoms with E-state index in [1.54, 1.807) is 18.2 Å². The van der Waals surface area contributed by atoms with Crippen molar-refractivity contribution in [2.45, 2.75) is 18.9 Å². The van der Waals surface area contributed by atoms with Gasteiger partial charge in [-0.3, -0.25) is 4.79 Å². The molecule has 2 aromatic carbocycles. The van der Waals surface area contributed by atoms with E-state index in [0.717, 1.165) is 12.1 Å². The highest BCUT2D eigenvalue weighted by molar-refractivity contribution is 6.32. The number of carboxylic acid groups (broad SMARTS) is 1. The van der Waals surface area contributed by atoms with Crippen LogP contribution in [-0.4, -0.2) is 30.1 Å². The highest BCUT2D eigenvalue weighted by atomic mass is 35.5. The Kier molecular flexibility index (Phi) is 6.52. The molecule has 8 heteroatoms. The fraction of sp³-hybridized carbons (Fsp3) is 0.222. The maximum absolute atomic E-state index is 13.2. The number of carboxylic acids is 1. The van der Waals surface area contributed by atoms with Crippen LogP contribution >= 0.6 is 11.6 Å². The largest absolute Gasteiger partial charge is 0.495 e. The number of rotatable bonds is 7. The van der Waals surface area contributed by atoms with Gasteiger partial charge < -0.3 is 15.2 Å². The average molecular weight is 384 g/mol. The Labute approximate surface area is 153 Å². The average Bonchev–Trinajstić information content (AvgIpc) is 2.57. The molecular weight excluding hydrogens is 368 g/mol. The molecule has 138 valence electrons. The summed E-state index contributed by atoms with van der Waals surface area (Å²) in [6, 6.07) is 6.66. The number of hydrogen-bond donors (Lipinski definition) is 2. The second-order valence-corrected chi connectivity index (χ2v) is 5.96.